The number of halogens is 1. The van der Waals surface area contributed by atoms with Crippen molar-refractivity contribution in [2.75, 3.05) is 0 Å². The van der Waals surface area contributed by atoms with E-state index in [1.165, 1.54) is 18.2 Å². The van der Waals surface area contributed by atoms with Gasteiger partial charge in [0.1, 0.15) is 6.26 Å². The molecule has 2 rings (SSSR count). The third-order valence-corrected chi connectivity index (χ3v) is 2.18. The van der Waals surface area contributed by atoms with Gasteiger partial charge in [-0.25, -0.2) is 4.39 Å². The second kappa shape index (κ2) is 4.21. The lowest BCUT2D eigenvalue weighted by Gasteiger charge is -1.99. The number of rotatable bonds is 2. The number of hydrogen-bond donors (Lipinski definition) is 0. The SMILES string of the molecule is O=C([O-])/C=C/c1coc2c(F)cccc2c1=O. The molecule has 5 heteroatoms. The van der Waals surface area contributed by atoms with Gasteiger partial charge in [-0.15, -0.1) is 0 Å². The Labute approximate surface area is 94.6 Å². The molecule has 0 saturated heterocycles. The highest BCUT2D eigenvalue weighted by Crippen LogP contribution is 2.15. The summed E-state index contributed by atoms with van der Waals surface area (Å²) in [5.41, 5.74) is -0.626. The number of para-hydroxylation sites is 1. The molecule has 1 aromatic carbocycles. The van der Waals surface area contributed by atoms with Crippen molar-refractivity contribution < 1.29 is 18.7 Å². The Balaban J connectivity index is 2.67. The standard InChI is InChI=1S/C12H7FO4/c13-9-3-1-2-8-11(16)7(4-5-10(14)15)6-17-12(8)9/h1-6H,(H,14,15)/p-1/b5-4+. The van der Waals surface area contributed by atoms with Crippen LogP contribution < -0.4 is 10.5 Å². The van der Waals surface area contributed by atoms with Crippen molar-refractivity contribution in [1.82, 2.24) is 0 Å². The summed E-state index contributed by atoms with van der Waals surface area (Å²) >= 11 is 0. The lowest BCUT2D eigenvalue weighted by Crippen LogP contribution is -2.18. The Morgan fingerprint density at radius 3 is 2.88 bits per heavy atom. The molecule has 0 spiro atoms. The minimum absolute atomic E-state index is 0.0206. The van der Waals surface area contributed by atoms with Crippen molar-refractivity contribution >= 4 is 23.0 Å². The fourth-order valence-electron chi connectivity index (χ4n) is 1.41. The van der Waals surface area contributed by atoms with Gasteiger partial charge in [0.2, 0.25) is 0 Å². The number of carboxylic acids is 1. The zero-order valence-corrected chi connectivity index (χ0v) is 8.48. The molecule has 0 aliphatic rings. The highest BCUT2D eigenvalue weighted by Gasteiger charge is 2.07. The summed E-state index contributed by atoms with van der Waals surface area (Å²) in [6.07, 6.45) is 2.76. The maximum atomic E-state index is 13.3. The first-order chi connectivity index (χ1) is 8.09. The zero-order chi connectivity index (χ0) is 12.4. The van der Waals surface area contributed by atoms with Crippen molar-refractivity contribution in [2.24, 2.45) is 0 Å². The minimum atomic E-state index is -1.43. The summed E-state index contributed by atoms with van der Waals surface area (Å²) in [7, 11) is 0. The van der Waals surface area contributed by atoms with Gasteiger partial charge >= 0.3 is 0 Å². The van der Waals surface area contributed by atoms with Crippen LogP contribution in [0.5, 0.6) is 0 Å². The van der Waals surface area contributed by atoms with E-state index < -0.39 is 17.2 Å². The third-order valence-electron chi connectivity index (χ3n) is 2.18. The molecule has 0 unspecified atom stereocenters. The van der Waals surface area contributed by atoms with E-state index in [0.717, 1.165) is 12.3 Å². The molecule has 0 amide bonds. The van der Waals surface area contributed by atoms with E-state index in [9.17, 15) is 19.1 Å². The lowest BCUT2D eigenvalue weighted by molar-refractivity contribution is -0.297. The average Bonchev–Trinajstić information content (AvgIpc) is 2.29. The summed E-state index contributed by atoms with van der Waals surface area (Å²) in [6.45, 7) is 0. The largest absolute Gasteiger partial charge is 0.545 e. The van der Waals surface area contributed by atoms with Crippen LogP contribution in [0.4, 0.5) is 4.39 Å². The van der Waals surface area contributed by atoms with E-state index in [2.05, 4.69) is 0 Å². The number of carboxylic acid groups (broad SMARTS) is 1. The molecule has 0 bridgehead atoms. The van der Waals surface area contributed by atoms with Crippen LogP contribution in [-0.2, 0) is 4.79 Å². The first kappa shape index (κ1) is 11.1. The van der Waals surface area contributed by atoms with Gasteiger partial charge in [0.25, 0.3) is 0 Å². The monoisotopic (exact) mass is 233 g/mol. The zero-order valence-electron chi connectivity index (χ0n) is 8.48. The van der Waals surface area contributed by atoms with Gasteiger partial charge < -0.3 is 14.3 Å². The van der Waals surface area contributed by atoms with Crippen LogP contribution in [0.1, 0.15) is 5.56 Å². The molecule has 0 atom stereocenters. The fourth-order valence-corrected chi connectivity index (χ4v) is 1.41. The maximum absolute atomic E-state index is 13.3. The van der Waals surface area contributed by atoms with Crippen molar-refractivity contribution in [3.8, 4) is 0 Å². The van der Waals surface area contributed by atoms with E-state index >= 15 is 0 Å². The quantitative estimate of drug-likeness (QED) is 0.715. The summed E-state index contributed by atoms with van der Waals surface area (Å²) in [6, 6.07) is 3.95. The van der Waals surface area contributed by atoms with Crippen molar-refractivity contribution in [3.63, 3.8) is 0 Å². The predicted molar refractivity (Wildman–Crippen MR) is 56.5 cm³/mol. The Kier molecular flexibility index (Phi) is 2.74. The summed E-state index contributed by atoms with van der Waals surface area (Å²) < 4.78 is 18.2. The number of carbonyl (C=O) groups is 1. The van der Waals surface area contributed by atoms with E-state index in [-0.39, 0.29) is 16.5 Å². The maximum Gasteiger partial charge on any atom is 0.199 e. The van der Waals surface area contributed by atoms with E-state index in [1.807, 2.05) is 0 Å². The molecule has 0 fully saturated rings. The van der Waals surface area contributed by atoms with Crippen LogP contribution in [0, 0.1) is 5.82 Å². The van der Waals surface area contributed by atoms with Crippen LogP contribution in [0.3, 0.4) is 0 Å². The molecule has 0 aliphatic heterocycles. The van der Waals surface area contributed by atoms with Gasteiger partial charge in [-0.1, -0.05) is 6.07 Å². The molecular formula is C12H6FO4-. The molecule has 1 heterocycles. The number of benzene rings is 1. The molecule has 2 aromatic rings. The van der Waals surface area contributed by atoms with Gasteiger partial charge in [0.15, 0.2) is 16.8 Å². The smallest absolute Gasteiger partial charge is 0.199 e. The molecule has 0 saturated carbocycles. The molecular weight excluding hydrogens is 227 g/mol. The summed E-state index contributed by atoms with van der Waals surface area (Å²) in [4.78, 5) is 22.0. The summed E-state index contributed by atoms with van der Waals surface area (Å²) in [5, 5.41) is 10.3. The van der Waals surface area contributed by atoms with E-state index in [4.69, 9.17) is 4.42 Å². The minimum Gasteiger partial charge on any atom is -0.545 e. The summed E-state index contributed by atoms with van der Waals surface area (Å²) in [5.74, 6) is -2.07. The van der Waals surface area contributed by atoms with E-state index in [1.54, 1.807) is 0 Å². The van der Waals surface area contributed by atoms with E-state index in [0.29, 0.717) is 6.08 Å². The molecule has 17 heavy (non-hydrogen) atoms. The molecule has 1 aromatic heterocycles. The van der Waals surface area contributed by atoms with Crippen LogP contribution in [0.2, 0.25) is 0 Å². The second-order valence-electron chi connectivity index (χ2n) is 3.29. The lowest BCUT2D eigenvalue weighted by atomic mass is 10.1. The van der Waals surface area contributed by atoms with Gasteiger partial charge in [0.05, 0.1) is 16.9 Å². The van der Waals surface area contributed by atoms with Gasteiger partial charge in [-0.3, -0.25) is 4.79 Å². The molecule has 4 nitrogen and oxygen atoms in total. The molecule has 0 N–H and O–H groups in total. The van der Waals surface area contributed by atoms with Crippen LogP contribution in [0.15, 0.2) is 39.7 Å². The predicted octanol–water partition coefficient (Wildman–Crippen LogP) is 0.695. The topological polar surface area (TPSA) is 70.3 Å². The first-order valence-corrected chi connectivity index (χ1v) is 4.68. The average molecular weight is 233 g/mol. The normalized spacial score (nSPS) is 11.1. The molecule has 0 aliphatic carbocycles. The van der Waals surface area contributed by atoms with Crippen molar-refractivity contribution in [3.05, 3.63) is 52.1 Å². The Morgan fingerprint density at radius 2 is 2.18 bits per heavy atom. The first-order valence-electron chi connectivity index (χ1n) is 4.68. The molecule has 0 radical (unpaired) electrons. The van der Waals surface area contributed by atoms with Crippen LogP contribution >= 0.6 is 0 Å². The Morgan fingerprint density at radius 1 is 1.41 bits per heavy atom. The van der Waals surface area contributed by atoms with Gasteiger partial charge in [-0.05, 0) is 24.3 Å². The molecule has 86 valence electrons. The number of aliphatic carboxylic acids is 1. The van der Waals surface area contributed by atoms with Gasteiger partial charge in [-0.2, -0.15) is 0 Å². The van der Waals surface area contributed by atoms with Crippen molar-refractivity contribution in [2.45, 2.75) is 0 Å². The van der Waals surface area contributed by atoms with Crippen LogP contribution in [0.25, 0.3) is 17.0 Å². The third kappa shape index (κ3) is 2.08. The van der Waals surface area contributed by atoms with Crippen molar-refractivity contribution in [1.29, 1.82) is 0 Å². The Hall–Kier alpha value is -2.43. The highest BCUT2D eigenvalue weighted by atomic mass is 19.1. The van der Waals surface area contributed by atoms with Crippen LogP contribution in [-0.4, -0.2) is 5.97 Å². The second-order valence-corrected chi connectivity index (χ2v) is 3.29. The number of hydrogen-bond acceptors (Lipinski definition) is 4. The Bertz CT molecular complexity index is 670. The fraction of sp³-hybridized carbons (Fsp3) is 0. The number of fused-ring (bicyclic) bond motifs is 1. The highest BCUT2D eigenvalue weighted by molar-refractivity contribution is 5.85. The number of carbonyl (C=O) groups excluding carboxylic acids is 1. The van der Waals surface area contributed by atoms with Gasteiger partial charge in [0, 0.05) is 0 Å².